The molecule has 1 saturated heterocycles. The van der Waals surface area contributed by atoms with Crippen LogP contribution in [0.2, 0.25) is 0 Å². The summed E-state index contributed by atoms with van der Waals surface area (Å²) in [5, 5.41) is 2.92. The molecule has 1 aliphatic rings. The number of fused-ring (bicyclic) bond motifs is 1. The first kappa shape index (κ1) is 21.4. The molecule has 0 unspecified atom stereocenters. The molecule has 0 aliphatic carbocycles. The molecule has 31 heavy (non-hydrogen) atoms. The number of aromatic nitrogens is 2. The molecule has 1 aliphatic heterocycles. The molecule has 1 amide bonds. The van der Waals surface area contributed by atoms with E-state index in [0.29, 0.717) is 17.0 Å². The Morgan fingerprint density at radius 2 is 1.77 bits per heavy atom. The molecule has 0 saturated carbocycles. The molecule has 8 heteroatoms. The van der Waals surface area contributed by atoms with E-state index in [0.717, 1.165) is 24.5 Å². The Morgan fingerprint density at radius 3 is 2.45 bits per heavy atom. The van der Waals surface area contributed by atoms with Crippen molar-refractivity contribution in [3.63, 3.8) is 0 Å². The van der Waals surface area contributed by atoms with Crippen molar-refractivity contribution >= 4 is 38.2 Å². The lowest BCUT2D eigenvalue weighted by Crippen LogP contribution is -2.32. The number of para-hydroxylation sites is 2. The Balaban J connectivity index is 1.47. The van der Waals surface area contributed by atoms with E-state index < -0.39 is 9.84 Å². The first-order chi connectivity index (χ1) is 14.8. The van der Waals surface area contributed by atoms with Crippen molar-refractivity contribution in [3.05, 3.63) is 54.4 Å². The van der Waals surface area contributed by atoms with E-state index in [1.54, 1.807) is 4.57 Å². The van der Waals surface area contributed by atoms with Gasteiger partial charge in [-0.05, 0) is 55.2 Å². The van der Waals surface area contributed by atoms with Crippen LogP contribution in [-0.4, -0.2) is 43.2 Å². The van der Waals surface area contributed by atoms with Gasteiger partial charge in [0.25, 0.3) is 0 Å². The zero-order valence-corrected chi connectivity index (χ0v) is 18.7. The molecule has 0 atom stereocenters. The van der Waals surface area contributed by atoms with Crippen LogP contribution >= 0.6 is 0 Å². The number of amides is 1. The van der Waals surface area contributed by atoms with Crippen molar-refractivity contribution in [2.75, 3.05) is 29.6 Å². The summed E-state index contributed by atoms with van der Waals surface area (Å²) in [5.74, 6) is 0.714. The average molecular weight is 441 g/mol. The van der Waals surface area contributed by atoms with Crippen LogP contribution in [0.3, 0.4) is 0 Å². The van der Waals surface area contributed by atoms with Gasteiger partial charge in [-0.3, -0.25) is 4.79 Å². The lowest BCUT2D eigenvalue weighted by molar-refractivity contribution is -0.116. The van der Waals surface area contributed by atoms with Crippen LogP contribution in [0.1, 0.15) is 25.6 Å². The molecular weight excluding hydrogens is 412 g/mol. The van der Waals surface area contributed by atoms with E-state index in [2.05, 4.69) is 22.1 Å². The van der Waals surface area contributed by atoms with Crippen LogP contribution in [0, 0.1) is 5.92 Å². The molecule has 0 spiro atoms. The molecule has 0 bridgehead atoms. The van der Waals surface area contributed by atoms with Gasteiger partial charge in [-0.2, -0.15) is 0 Å². The van der Waals surface area contributed by atoms with Gasteiger partial charge in [-0.25, -0.2) is 13.4 Å². The fourth-order valence-corrected chi connectivity index (χ4v) is 4.70. The minimum Gasteiger partial charge on any atom is -0.372 e. The van der Waals surface area contributed by atoms with E-state index in [1.165, 1.54) is 24.8 Å². The van der Waals surface area contributed by atoms with Crippen LogP contribution in [0.15, 0.2) is 48.5 Å². The normalized spacial score (nSPS) is 15.4. The minimum absolute atomic E-state index is 0.00285. The number of anilines is 2. The van der Waals surface area contributed by atoms with Crippen LogP contribution in [0.4, 0.5) is 11.4 Å². The summed E-state index contributed by atoms with van der Waals surface area (Å²) in [6, 6.07) is 15.2. The van der Waals surface area contributed by atoms with Gasteiger partial charge in [0.15, 0.2) is 9.84 Å². The third-order valence-electron chi connectivity index (χ3n) is 5.73. The molecule has 1 N–H and O–H groups in total. The second-order valence-electron chi connectivity index (χ2n) is 8.44. The van der Waals surface area contributed by atoms with E-state index in [9.17, 15) is 13.2 Å². The molecule has 0 radical (unpaired) electrons. The molecule has 4 rings (SSSR count). The summed E-state index contributed by atoms with van der Waals surface area (Å²) in [4.78, 5) is 19.5. The van der Waals surface area contributed by atoms with Gasteiger partial charge in [-0.15, -0.1) is 0 Å². The molecule has 1 aromatic heterocycles. The highest BCUT2D eigenvalue weighted by atomic mass is 32.2. The number of hydrogen-bond acceptors (Lipinski definition) is 5. The van der Waals surface area contributed by atoms with Crippen molar-refractivity contribution in [1.82, 2.24) is 9.55 Å². The zero-order chi connectivity index (χ0) is 22.0. The van der Waals surface area contributed by atoms with Crippen LogP contribution in [0.25, 0.3) is 11.0 Å². The predicted octanol–water partition coefficient (Wildman–Crippen LogP) is 3.46. The number of benzene rings is 2. The molecule has 2 heterocycles. The van der Waals surface area contributed by atoms with Gasteiger partial charge in [0.1, 0.15) is 18.1 Å². The summed E-state index contributed by atoms with van der Waals surface area (Å²) in [5.41, 5.74) is 3.30. The maximum Gasteiger partial charge on any atom is 0.244 e. The Morgan fingerprint density at radius 1 is 1.10 bits per heavy atom. The highest BCUT2D eigenvalue weighted by Crippen LogP contribution is 2.24. The van der Waals surface area contributed by atoms with E-state index in [-0.39, 0.29) is 18.2 Å². The maximum atomic E-state index is 12.7. The summed E-state index contributed by atoms with van der Waals surface area (Å²) in [6.45, 7) is 4.41. The van der Waals surface area contributed by atoms with Gasteiger partial charge in [-0.1, -0.05) is 19.1 Å². The maximum absolute atomic E-state index is 12.7. The molecule has 164 valence electrons. The molecule has 1 fully saturated rings. The Bertz CT molecular complexity index is 1180. The number of carbonyl (C=O) groups is 1. The van der Waals surface area contributed by atoms with E-state index >= 15 is 0 Å². The lowest BCUT2D eigenvalue weighted by atomic mass is 9.99. The zero-order valence-electron chi connectivity index (χ0n) is 17.9. The summed E-state index contributed by atoms with van der Waals surface area (Å²) >= 11 is 0. The van der Waals surface area contributed by atoms with Gasteiger partial charge in [0.05, 0.1) is 11.0 Å². The Hall–Kier alpha value is -2.87. The number of nitrogens with one attached hydrogen (secondary N) is 1. The average Bonchev–Trinajstić information content (AvgIpc) is 3.04. The first-order valence-corrected chi connectivity index (χ1v) is 12.6. The molecular formula is C23H28N4O3S. The number of carbonyl (C=O) groups excluding carboxylic acids is 1. The van der Waals surface area contributed by atoms with Crippen LogP contribution < -0.4 is 10.2 Å². The quantitative estimate of drug-likeness (QED) is 0.635. The summed E-state index contributed by atoms with van der Waals surface area (Å²) in [7, 11) is -3.28. The predicted molar refractivity (Wildman–Crippen MR) is 124 cm³/mol. The summed E-state index contributed by atoms with van der Waals surface area (Å²) in [6.07, 6.45) is 3.57. The number of hydrogen-bond donors (Lipinski definition) is 1. The molecule has 3 aromatic rings. The number of imidazole rings is 1. The van der Waals surface area contributed by atoms with Crippen LogP contribution in [-0.2, 0) is 26.9 Å². The van der Waals surface area contributed by atoms with Crippen molar-refractivity contribution in [3.8, 4) is 0 Å². The van der Waals surface area contributed by atoms with Gasteiger partial charge in [0, 0.05) is 30.7 Å². The lowest BCUT2D eigenvalue weighted by Gasteiger charge is -2.32. The fourth-order valence-electron chi connectivity index (χ4n) is 4.01. The number of rotatable bonds is 6. The largest absolute Gasteiger partial charge is 0.372 e. The van der Waals surface area contributed by atoms with Crippen molar-refractivity contribution in [1.29, 1.82) is 0 Å². The second-order valence-corrected chi connectivity index (χ2v) is 10.6. The smallest absolute Gasteiger partial charge is 0.244 e. The highest BCUT2D eigenvalue weighted by molar-refractivity contribution is 7.89. The second kappa shape index (κ2) is 8.70. The number of sulfone groups is 1. The van der Waals surface area contributed by atoms with Gasteiger partial charge in [0.2, 0.25) is 5.91 Å². The number of nitrogens with zero attached hydrogens (tertiary/aromatic N) is 3. The first-order valence-electron chi connectivity index (χ1n) is 10.6. The van der Waals surface area contributed by atoms with Crippen molar-refractivity contribution in [2.45, 2.75) is 32.1 Å². The SMILES string of the molecule is CC1CCN(c2ccc(NC(=O)Cn3c(CS(C)(=O)=O)nc4ccccc43)cc2)CC1. The molecule has 2 aromatic carbocycles. The van der Waals surface area contributed by atoms with Gasteiger partial charge < -0.3 is 14.8 Å². The molecule has 7 nitrogen and oxygen atoms in total. The van der Waals surface area contributed by atoms with Gasteiger partial charge >= 0.3 is 0 Å². The van der Waals surface area contributed by atoms with Crippen molar-refractivity contribution < 1.29 is 13.2 Å². The Labute approximate surface area is 183 Å². The third kappa shape index (κ3) is 5.25. The summed E-state index contributed by atoms with van der Waals surface area (Å²) < 4.78 is 25.3. The highest BCUT2D eigenvalue weighted by Gasteiger charge is 2.18. The van der Waals surface area contributed by atoms with Crippen LogP contribution in [0.5, 0.6) is 0 Å². The Kier molecular flexibility index (Phi) is 6.00. The van der Waals surface area contributed by atoms with E-state index in [4.69, 9.17) is 0 Å². The third-order valence-corrected chi connectivity index (χ3v) is 6.51. The fraction of sp³-hybridized carbons (Fsp3) is 0.391. The minimum atomic E-state index is -3.28. The topological polar surface area (TPSA) is 84.3 Å². The number of piperidine rings is 1. The standard InChI is InChI=1S/C23H28N4O3S/c1-17-11-13-26(14-12-17)19-9-7-18(8-10-19)24-23(28)15-27-21-6-4-3-5-20(21)25-22(27)16-31(2,29)30/h3-10,17H,11-16H2,1-2H3,(H,24,28). The van der Waals surface area contributed by atoms with Crippen molar-refractivity contribution in [2.24, 2.45) is 5.92 Å². The van der Waals surface area contributed by atoms with E-state index in [1.807, 2.05) is 48.5 Å². The monoisotopic (exact) mass is 440 g/mol.